The number of methoxy groups -OCH3 is 1. The number of halogens is 1. The van der Waals surface area contributed by atoms with Crippen LogP contribution in [0.2, 0.25) is 0 Å². The molecule has 1 atom stereocenters. The number of rotatable bonds is 3. The first-order valence-electron chi connectivity index (χ1n) is 8.04. The maximum Gasteiger partial charge on any atom is 0.268 e. The van der Waals surface area contributed by atoms with Crippen LogP contribution in [0.3, 0.4) is 0 Å². The van der Waals surface area contributed by atoms with Crippen molar-refractivity contribution in [1.82, 2.24) is 10.3 Å². The second-order valence-corrected chi connectivity index (χ2v) is 7.06. The Bertz CT molecular complexity index is 954. The van der Waals surface area contributed by atoms with Gasteiger partial charge in [-0.05, 0) is 36.2 Å². The summed E-state index contributed by atoms with van der Waals surface area (Å²) in [4.78, 5) is 16.4. The molecule has 0 aliphatic carbocycles. The molecular weight excluding hydrogens is 339 g/mol. The van der Waals surface area contributed by atoms with E-state index >= 15 is 0 Å². The van der Waals surface area contributed by atoms with Gasteiger partial charge in [0.25, 0.3) is 5.91 Å². The average Bonchev–Trinajstić information content (AvgIpc) is 3.06. The lowest BCUT2D eigenvalue weighted by atomic mass is 10.0. The predicted octanol–water partition coefficient (Wildman–Crippen LogP) is 4.28. The Hall–Kier alpha value is -2.47. The van der Waals surface area contributed by atoms with Crippen molar-refractivity contribution in [1.29, 1.82) is 0 Å². The zero-order valence-corrected chi connectivity index (χ0v) is 14.5. The van der Waals surface area contributed by atoms with Crippen LogP contribution in [-0.2, 0) is 0 Å². The fraction of sp³-hybridized carbons (Fsp3) is 0.211. The maximum absolute atomic E-state index is 14.0. The summed E-state index contributed by atoms with van der Waals surface area (Å²) in [6, 6.07) is 12.3. The first-order chi connectivity index (χ1) is 12.2. The zero-order valence-electron chi connectivity index (χ0n) is 13.6. The van der Waals surface area contributed by atoms with Crippen molar-refractivity contribution in [3.05, 3.63) is 59.5 Å². The fourth-order valence-corrected chi connectivity index (χ4v) is 4.27. The van der Waals surface area contributed by atoms with Gasteiger partial charge in [0.15, 0.2) is 0 Å². The van der Waals surface area contributed by atoms with Gasteiger partial charge in [0.2, 0.25) is 0 Å². The van der Waals surface area contributed by atoms with E-state index in [2.05, 4.69) is 10.3 Å². The number of ether oxygens (including phenoxy) is 1. The van der Waals surface area contributed by atoms with Crippen LogP contribution >= 0.6 is 11.8 Å². The number of thioether (sulfide) groups is 1. The van der Waals surface area contributed by atoms with E-state index in [1.807, 2.05) is 30.3 Å². The van der Waals surface area contributed by atoms with Crippen molar-refractivity contribution in [2.75, 3.05) is 12.9 Å². The number of H-pyrrole nitrogens is 1. The molecule has 0 spiro atoms. The van der Waals surface area contributed by atoms with Crippen LogP contribution in [0.1, 0.15) is 28.5 Å². The summed E-state index contributed by atoms with van der Waals surface area (Å²) in [5, 5.41) is 3.97. The summed E-state index contributed by atoms with van der Waals surface area (Å²) in [5.74, 6) is 1.10. The van der Waals surface area contributed by atoms with E-state index in [1.54, 1.807) is 13.2 Å². The molecule has 0 fully saturated rings. The summed E-state index contributed by atoms with van der Waals surface area (Å²) >= 11 is 1.50. The van der Waals surface area contributed by atoms with E-state index < -0.39 is 0 Å². The van der Waals surface area contributed by atoms with E-state index in [1.165, 1.54) is 17.8 Å². The van der Waals surface area contributed by atoms with Gasteiger partial charge in [0, 0.05) is 27.6 Å². The van der Waals surface area contributed by atoms with Crippen LogP contribution in [-0.4, -0.2) is 23.8 Å². The van der Waals surface area contributed by atoms with Crippen LogP contribution in [0.15, 0.2) is 47.4 Å². The monoisotopic (exact) mass is 356 g/mol. The molecule has 2 aromatic carbocycles. The number of aromatic amines is 1. The van der Waals surface area contributed by atoms with Gasteiger partial charge in [0.05, 0.1) is 13.2 Å². The molecular formula is C19H17FN2O2S. The van der Waals surface area contributed by atoms with Crippen molar-refractivity contribution < 1.29 is 13.9 Å². The zero-order chi connectivity index (χ0) is 17.4. The molecule has 0 bridgehead atoms. The number of hydrogen-bond donors (Lipinski definition) is 2. The molecule has 6 heteroatoms. The number of carbonyl (C=O) groups excluding carboxylic acids is 1. The van der Waals surface area contributed by atoms with E-state index in [0.29, 0.717) is 10.6 Å². The largest absolute Gasteiger partial charge is 0.497 e. The normalized spacial score (nSPS) is 16.5. The van der Waals surface area contributed by atoms with E-state index in [-0.39, 0.29) is 17.8 Å². The Labute approximate surface area is 148 Å². The van der Waals surface area contributed by atoms with Gasteiger partial charge < -0.3 is 15.0 Å². The Morgan fingerprint density at radius 1 is 1.32 bits per heavy atom. The van der Waals surface area contributed by atoms with Gasteiger partial charge in [-0.25, -0.2) is 4.39 Å². The molecule has 2 heterocycles. The first-order valence-corrected chi connectivity index (χ1v) is 9.03. The first kappa shape index (κ1) is 16.0. The third-order valence-corrected chi connectivity index (χ3v) is 5.56. The predicted molar refractivity (Wildman–Crippen MR) is 96.8 cm³/mol. The van der Waals surface area contributed by atoms with E-state index in [0.717, 1.165) is 34.4 Å². The molecule has 3 aromatic rings. The standard InChI is InChI=1S/C19H17FN2O2S/c1-24-12-6-5-11-9-17(21-16(11)10-12)19(23)22-15-7-8-25-18-13(15)3-2-4-14(18)20/h2-6,9-10,15,21H,7-8H2,1H3,(H,22,23). The molecule has 25 heavy (non-hydrogen) atoms. The maximum atomic E-state index is 14.0. The molecule has 1 aliphatic rings. The Morgan fingerprint density at radius 3 is 3.04 bits per heavy atom. The van der Waals surface area contributed by atoms with Gasteiger partial charge in [-0.3, -0.25) is 4.79 Å². The van der Waals surface area contributed by atoms with Gasteiger partial charge in [0.1, 0.15) is 17.3 Å². The second-order valence-electron chi connectivity index (χ2n) is 5.96. The topological polar surface area (TPSA) is 54.1 Å². The van der Waals surface area contributed by atoms with Gasteiger partial charge in [-0.15, -0.1) is 11.8 Å². The lowest BCUT2D eigenvalue weighted by molar-refractivity contribution is 0.0930. The highest BCUT2D eigenvalue weighted by Gasteiger charge is 2.25. The molecule has 1 unspecified atom stereocenters. The number of carbonyl (C=O) groups is 1. The van der Waals surface area contributed by atoms with Crippen LogP contribution in [0.5, 0.6) is 5.75 Å². The van der Waals surface area contributed by atoms with Crippen molar-refractivity contribution in [2.45, 2.75) is 17.4 Å². The Morgan fingerprint density at radius 2 is 2.20 bits per heavy atom. The second kappa shape index (κ2) is 6.44. The van der Waals surface area contributed by atoms with Gasteiger partial charge in [-0.1, -0.05) is 12.1 Å². The number of aromatic nitrogens is 1. The van der Waals surface area contributed by atoms with Crippen LogP contribution in [0.4, 0.5) is 4.39 Å². The van der Waals surface area contributed by atoms with E-state index in [9.17, 15) is 9.18 Å². The highest BCUT2D eigenvalue weighted by atomic mass is 32.2. The number of hydrogen-bond acceptors (Lipinski definition) is 3. The third kappa shape index (κ3) is 2.98. The lowest BCUT2D eigenvalue weighted by Gasteiger charge is -2.26. The van der Waals surface area contributed by atoms with Crippen molar-refractivity contribution in [3.63, 3.8) is 0 Å². The number of amides is 1. The van der Waals surface area contributed by atoms with Crippen molar-refractivity contribution in [2.24, 2.45) is 0 Å². The number of nitrogens with one attached hydrogen (secondary N) is 2. The summed E-state index contributed by atoms with van der Waals surface area (Å²) in [6.45, 7) is 0. The molecule has 1 amide bonds. The molecule has 128 valence electrons. The molecule has 4 nitrogen and oxygen atoms in total. The van der Waals surface area contributed by atoms with Crippen molar-refractivity contribution >= 4 is 28.6 Å². The Kier molecular flexibility index (Phi) is 4.13. The highest BCUT2D eigenvalue weighted by molar-refractivity contribution is 7.99. The van der Waals surface area contributed by atoms with Gasteiger partial charge in [-0.2, -0.15) is 0 Å². The average molecular weight is 356 g/mol. The minimum Gasteiger partial charge on any atom is -0.497 e. The Balaban J connectivity index is 1.60. The van der Waals surface area contributed by atoms with Gasteiger partial charge >= 0.3 is 0 Å². The van der Waals surface area contributed by atoms with Crippen LogP contribution in [0, 0.1) is 5.82 Å². The molecule has 0 saturated heterocycles. The summed E-state index contributed by atoms with van der Waals surface area (Å²) in [7, 11) is 1.61. The smallest absolute Gasteiger partial charge is 0.268 e. The SMILES string of the molecule is COc1ccc2cc(C(=O)NC3CCSc4c(F)cccc43)[nH]c2c1. The molecule has 1 aromatic heterocycles. The molecule has 2 N–H and O–H groups in total. The molecule has 1 aliphatic heterocycles. The lowest BCUT2D eigenvalue weighted by Crippen LogP contribution is -2.31. The van der Waals surface area contributed by atoms with Crippen molar-refractivity contribution in [3.8, 4) is 5.75 Å². The number of fused-ring (bicyclic) bond motifs is 2. The molecule has 0 saturated carbocycles. The fourth-order valence-electron chi connectivity index (χ4n) is 3.13. The summed E-state index contributed by atoms with van der Waals surface area (Å²) < 4.78 is 19.2. The van der Waals surface area contributed by atoms with Crippen LogP contribution < -0.4 is 10.1 Å². The molecule has 4 rings (SSSR count). The van der Waals surface area contributed by atoms with Crippen LogP contribution in [0.25, 0.3) is 10.9 Å². The summed E-state index contributed by atoms with van der Waals surface area (Å²) in [6.07, 6.45) is 0.779. The quantitative estimate of drug-likeness (QED) is 0.736. The number of benzene rings is 2. The minimum atomic E-state index is -0.223. The highest BCUT2D eigenvalue weighted by Crippen LogP contribution is 2.37. The molecule has 0 radical (unpaired) electrons. The minimum absolute atomic E-state index is 0.180. The summed E-state index contributed by atoms with van der Waals surface area (Å²) in [5.41, 5.74) is 2.18. The third-order valence-electron chi connectivity index (χ3n) is 4.41. The van der Waals surface area contributed by atoms with E-state index in [4.69, 9.17) is 4.74 Å².